The average Bonchev–Trinajstić information content (AvgIpc) is 2.43. The van der Waals surface area contributed by atoms with Gasteiger partial charge in [-0.25, -0.2) is 4.79 Å². The smallest absolute Gasteiger partial charge is 0.339 e. The SMILES string of the molecule is Cc1c(C)c2ccc(OCCCN(C)C)c(C)c2oc1=O. The van der Waals surface area contributed by atoms with Gasteiger partial charge in [-0.2, -0.15) is 0 Å². The summed E-state index contributed by atoms with van der Waals surface area (Å²) < 4.78 is 11.3. The van der Waals surface area contributed by atoms with Gasteiger partial charge in [-0.1, -0.05) is 0 Å². The number of hydrogen-bond acceptors (Lipinski definition) is 4. The Morgan fingerprint density at radius 1 is 1.10 bits per heavy atom. The lowest BCUT2D eigenvalue weighted by molar-refractivity contribution is 0.280. The van der Waals surface area contributed by atoms with Crippen LogP contribution in [-0.2, 0) is 0 Å². The standard InChI is InChI=1S/C17H23NO3/c1-11-12(2)17(19)21-16-13(3)15(8-7-14(11)16)20-10-6-9-18(4)5/h7-8H,6,9-10H2,1-5H3. The first-order valence-corrected chi connectivity index (χ1v) is 7.23. The van der Waals surface area contributed by atoms with Crippen LogP contribution in [0.15, 0.2) is 21.3 Å². The Bertz CT molecular complexity index is 701. The maximum absolute atomic E-state index is 11.8. The molecule has 0 N–H and O–H groups in total. The summed E-state index contributed by atoms with van der Waals surface area (Å²) in [5, 5.41) is 0.977. The molecule has 21 heavy (non-hydrogen) atoms. The lowest BCUT2D eigenvalue weighted by Gasteiger charge is -2.13. The summed E-state index contributed by atoms with van der Waals surface area (Å²) in [6.07, 6.45) is 0.960. The second kappa shape index (κ2) is 6.31. The maximum Gasteiger partial charge on any atom is 0.339 e. The summed E-state index contributed by atoms with van der Waals surface area (Å²) in [5.41, 5.74) is 2.89. The first kappa shape index (κ1) is 15.6. The van der Waals surface area contributed by atoms with E-state index in [1.807, 2.05) is 40.1 Å². The third kappa shape index (κ3) is 3.27. The van der Waals surface area contributed by atoms with Crippen LogP contribution >= 0.6 is 0 Å². The van der Waals surface area contributed by atoms with Gasteiger partial charge in [0.25, 0.3) is 0 Å². The molecule has 0 aliphatic heterocycles. The molecule has 0 aliphatic rings. The van der Waals surface area contributed by atoms with Crippen molar-refractivity contribution in [2.45, 2.75) is 27.2 Å². The third-order valence-corrected chi connectivity index (χ3v) is 3.83. The van der Waals surface area contributed by atoms with E-state index in [2.05, 4.69) is 4.90 Å². The summed E-state index contributed by atoms with van der Waals surface area (Å²) >= 11 is 0. The van der Waals surface area contributed by atoms with Crippen LogP contribution in [0, 0.1) is 20.8 Å². The van der Waals surface area contributed by atoms with Crippen molar-refractivity contribution >= 4 is 11.0 Å². The predicted molar refractivity (Wildman–Crippen MR) is 85.4 cm³/mol. The van der Waals surface area contributed by atoms with Crippen molar-refractivity contribution in [2.24, 2.45) is 0 Å². The first-order chi connectivity index (χ1) is 9.91. The molecule has 0 atom stereocenters. The summed E-state index contributed by atoms with van der Waals surface area (Å²) in [7, 11) is 4.09. The molecule has 0 aliphatic carbocycles. The molecule has 0 fully saturated rings. The van der Waals surface area contributed by atoms with Gasteiger partial charge in [0.15, 0.2) is 0 Å². The molecule has 4 heteroatoms. The van der Waals surface area contributed by atoms with Crippen molar-refractivity contribution in [1.29, 1.82) is 0 Å². The van der Waals surface area contributed by atoms with E-state index in [1.165, 1.54) is 0 Å². The Balaban J connectivity index is 2.30. The molecule has 0 saturated carbocycles. The molecule has 0 unspecified atom stereocenters. The van der Waals surface area contributed by atoms with E-state index >= 15 is 0 Å². The first-order valence-electron chi connectivity index (χ1n) is 7.23. The summed E-state index contributed by atoms with van der Waals surface area (Å²) in [6.45, 7) is 7.31. The summed E-state index contributed by atoms with van der Waals surface area (Å²) in [6, 6.07) is 3.93. The Kier molecular flexibility index (Phi) is 4.68. The summed E-state index contributed by atoms with van der Waals surface area (Å²) in [4.78, 5) is 14.0. The van der Waals surface area contributed by atoms with Gasteiger partial charge in [0.05, 0.1) is 6.61 Å². The van der Waals surface area contributed by atoms with E-state index in [9.17, 15) is 4.79 Å². The topological polar surface area (TPSA) is 42.7 Å². The van der Waals surface area contributed by atoms with Gasteiger partial charge in [-0.3, -0.25) is 0 Å². The number of ether oxygens (including phenoxy) is 1. The zero-order chi connectivity index (χ0) is 15.6. The quantitative estimate of drug-likeness (QED) is 0.627. The highest BCUT2D eigenvalue weighted by Crippen LogP contribution is 2.29. The lowest BCUT2D eigenvalue weighted by Crippen LogP contribution is -2.15. The van der Waals surface area contributed by atoms with Crippen molar-refractivity contribution in [3.8, 4) is 5.75 Å². The van der Waals surface area contributed by atoms with Crippen LogP contribution in [0.1, 0.15) is 23.1 Å². The van der Waals surface area contributed by atoms with Crippen LogP contribution in [0.2, 0.25) is 0 Å². The fourth-order valence-corrected chi connectivity index (χ4v) is 2.34. The molecule has 4 nitrogen and oxygen atoms in total. The van der Waals surface area contributed by atoms with Crippen molar-refractivity contribution in [3.63, 3.8) is 0 Å². The zero-order valence-electron chi connectivity index (χ0n) is 13.4. The minimum Gasteiger partial charge on any atom is -0.493 e. The number of hydrogen-bond donors (Lipinski definition) is 0. The normalized spacial score (nSPS) is 11.3. The number of fused-ring (bicyclic) bond motifs is 1. The van der Waals surface area contributed by atoms with Crippen LogP contribution in [0.5, 0.6) is 5.75 Å². The van der Waals surface area contributed by atoms with Crippen LogP contribution < -0.4 is 10.4 Å². The highest BCUT2D eigenvalue weighted by molar-refractivity contribution is 5.85. The highest BCUT2D eigenvalue weighted by atomic mass is 16.5. The molecular weight excluding hydrogens is 266 g/mol. The van der Waals surface area contributed by atoms with Gasteiger partial charge >= 0.3 is 5.63 Å². The number of rotatable bonds is 5. The summed E-state index contributed by atoms with van der Waals surface area (Å²) in [5.74, 6) is 0.785. The maximum atomic E-state index is 11.8. The van der Waals surface area contributed by atoms with Crippen LogP contribution in [0.3, 0.4) is 0 Å². The van der Waals surface area contributed by atoms with Gasteiger partial charge in [0, 0.05) is 23.1 Å². The second-order valence-electron chi connectivity index (χ2n) is 5.71. The Morgan fingerprint density at radius 2 is 1.81 bits per heavy atom. The Morgan fingerprint density at radius 3 is 2.48 bits per heavy atom. The minimum atomic E-state index is -0.271. The molecule has 0 amide bonds. The van der Waals surface area contributed by atoms with Crippen LogP contribution in [0.25, 0.3) is 11.0 Å². The lowest BCUT2D eigenvalue weighted by atomic mass is 10.0. The van der Waals surface area contributed by atoms with E-state index in [0.29, 0.717) is 17.8 Å². The number of aryl methyl sites for hydroxylation is 2. The van der Waals surface area contributed by atoms with Gasteiger partial charge in [0.1, 0.15) is 11.3 Å². The largest absolute Gasteiger partial charge is 0.493 e. The molecule has 0 saturated heterocycles. The van der Waals surface area contributed by atoms with E-state index < -0.39 is 0 Å². The molecule has 0 bridgehead atoms. The zero-order valence-corrected chi connectivity index (χ0v) is 13.4. The van der Waals surface area contributed by atoms with E-state index in [4.69, 9.17) is 9.15 Å². The molecule has 114 valence electrons. The van der Waals surface area contributed by atoms with Crippen LogP contribution in [0.4, 0.5) is 0 Å². The monoisotopic (exact) mass is 289 g/mol. The molecule has 0 radical (unpaired) electrons. The van der Waals surface area contributed by atoms with Crippen molar-refractivity contribution in [1.82, 2.24) is 4.90 Å². The van der Waals surface area contributed by atoms with Crippen molar-refractivity contribution < 1.29 is 9.15 Å². The molecule has 1 heterocycles. The van der Waals surface area contributed by atoms with E-state index in [0.717, 1.165) is 35.2 Å². The molecule has 0 spiro atoms. The number of benzene rings is 1. The van der Waals surface area contributed by atoms with Gasteiger partial charge < -0.3 is 14.1 Å². The van der Waals surface area contributed by atoms with Gasteiger partial charge in [-0.05, 0) is 59.0 Å². The van der Waals surface area contributed by atoms with Gasteiger partial charge in [0.2, 0.25) is 0 Å². The van der Waals surface area contributed by atoms with E-state index in [-0.39, 0.29) is 5.63 Å². The van der Waals surface area contributed by atoms with Crippen molar-refractivity contribution in [3.05, 3.63) is 39.2 Å². The van der Waals surface area contributed by atoms with Crippen molar-refractivity contribution in [2.75, 3.05) is 27.2 Å². The number of nitrogens with zero attached hydrogens (tertiary/aromatic N) is 1. The molecular formula is C17H23NO3. The fourth-order valence-electron chi connectivity index (χ4n) is 2.34. The fraction of sp³-hybridized carbons (Fsp3) is 0.471. The van der Waals surface area contributed by atoms with Gasteiger partial charge in [-0.15, -0.1) is 0 Å². The minimum absolute atomic E-state index is 0.271. The molecule has 1 aromatic carbocycles. The van der Waals surface area contributed by atoms with Crippen LogP contribution in [-0.4, -0.2) is 32.1 Å². The molecule has 2 rings (SSSR count). The molecule has 2 aromatic rings. The molecule has 1 aromatic heterocycles. The average molecular weight is 289 g/mol. The third-order valence-electron chi connectivity index (χ3n) is 3.83. The second-order valence-corrected chi connectivity index (χ2v) is 5.71. The Hall–Kier alpha value is -1.81. The Labute approximate surface area is 125 Å². The van der Waals surface area contributed by atoms with E-state index in [1.54, 1.807) is 6.92 Å². The highest BCUT2D eigenvalue weighted by Gasteiger charge is 2.12. The predicted octanol–water partition coefficient (Wildman–Crippen LogP) is 3.05.